The molecule has 0 N–H and O–H groups in total. The van der Waals surface area contributed by atoms with Gasteiger partial charge in [-0.2, -0.15) is 0 Å². The van der Waals surface area contributed by atoms with E-state index in [0.717, 1.165) is 0 Å². The van der Waals surface area contributed by atoms with Crippen molar-refractivity contribution in [2.75, 3.05) is 24.6 Å². The lowest BCUT2D eigenvalue weighted by Crippen LogP contribution is -2.64. The minimum Gasteiger partial charge on any atom is -0.482 e. The molecule has 7 heteroatoms. The lowest BCUT2D eigenvalue weighted by Gasteiger charge is -2.46. The predicted octanol–water partition coefficient (Wildman–Crippen LogP) is 2.68. The zero-order chi connectivity index (χ0) is 16.8. The predicted molar refractivity (Wildman–Crippen MR) is 86.0 cm³/mol. The maximum atomic E-state index is 12.2. The monoisotopic (exact) mass is 338 g/mol. The Hall–Kier alpha value is -1.95. The summed E-state index contributed by atoms with van der Waals surface area (Å²) >= 11 is 5.96. The van der Waals surface area contributed by atoms with E-state index in [1.165, 1.54) is 0 Å². The standard InChI is InChI=1S/C16H19ClN2O4/c1-16(2,3)23-15(21)18-7-11(8-18)19-12-5-4-10(17)6-13(12)22-9-14(19)20/h4-6,11H,7-9H2,1-3H3. The van der Waals surface area contributed by atoms with Crippen LogP contribution in [0.15, 0.2) is 18.2 Å². The molecule has 2 heterocycles. The lowest BCUT2D eigenvalue weighted by molar-refractivity contribution is -0.122. The summed E-state index contributed by atoms with van der Waals surface area (Å²) in [6, 6.07) is 5.12. The molecule has 0 unspecified atom stereocenters. The van der Waals surface area contributed by atoms with Gasteiger partial charge in [-0.1, -0.05) is 11.6 Å². The molecule has 1 saturated heterocycles. The van der Waals surface area contributed by atoms with Gasteiger partial charge in [0.25, 0.3) is 5.91 Å². The van der Waals surface area contributed by atoms with Gasteiger partial charge in [0, 0.05) is 24.2 Å². The fraction of sp³-hybridized carbons (Fsp3) is 0.500. The summed E-state index contributed by atoms with van der Waals surface area (Å²) in [5.41, 5.74) is 0.166. The largest absolute Gasteiger partial charge is 0.482 e. The molecule has 0 aliphatic carbocycles. The number of hydrogen-bond donors (Lipinski definition) is 0. The highest BCUT2D eigenvalue weighted by molar-refractivity contribution is 6.30. The van der Waals surface area contributed by atoms with E-state index in [4.69, 9.17) is 21.1 Å². The summed E-state index contributed by atoms with van der Waals surface area (Å²) in [5.74, 6) is 0.474. The molecule has 0 radical (unpaired) electrons. The molecule has 2 aliphatic rings. The van der Waals surface area contributed by atoms with E-state index in [1.807, 2.05) is 20.8 Å². The smallest absolute Gasteiger partial charge is 0.410 e. The second kappa shape index (κ2) is 5.60. The molecule has 0 aromatic heterocycles. The Labute approximate surface area is 139 Å². The summed E-state index contributed by atoms with van der Waals surface area (Å²) in [7, 11) is 0. The summed E-state index contributed by atoms with van der Waals surface area (Å²) in [5, 5.41) is 0.557. The second-order valence-corrected chi connectivity index (χ2v) is 7.14. The number of nitrogens with zero attached hydrogens (tertiary/aromatic N) is 2. The number of rotatable bonds is 1. The van der Waals surface area contributed by atoms with Crippen LogP contribution < -0.4 is 9.64 Å². The van der Waals surface area contributed by atoms with Crippen LogP contribution in [0.3, 0.4) is 0 Å². The number of hydrogen-bond acceptors (Lipinski definition) is 4. The molecule has 1 aromatic rings. The quantitative estimate of drug-likeness (QED) is 0.790. The van der Waals surface area contributed by atoms with Crippen molar-refractivity contribution in [1.29, 1.82) is 0 Å². The Balaban J connectivity index is 1.70. The summed E-state index contributed by atoms with van der Waals surface area (Å²) < 4.78 is 10.8. The van der Waals surface area contributed by atoms with Gasteiger partial charge in [-0.15, -0.1) is 0 Å². The van der Waals surface area contributed by atoms with Crippen LogP contribution in [0.1, 0.15) is 20.8 Å². The van der Waals surface area contributed by atoms with Gasteiger partial charge in [0.05, 0.1) is 11.7 Å². The Bertz CT molecular complexity index is 650. The second-order valence-electron chi connectivity index (χ2n) is 6.70. The fourth-order valence-corrected chi connectivity index (χ4v) is 2.80. The van der Waals surface area contributed by atoms with E-state index in [-0.39, 0.29) is 24.6 Å². The SMILES string of the molecule is CC(C)(C)OC(=O)N1CC(N2C(=O)COc3cc(Cl)ccc32)C1. The number of benzene rings is 1. The average molecular weight is 339 g/mol. The molecule has 1 fully saturated rings. The van der Waals surface area contributed by atoms with E-state index >= 15 is 0 Å². The van der Waals surface area contributed by atoms with Crippen LogP contribution in [0.4, 0.5) is 10.5 Å². The average Bonchev–Trinajstić information content (AvgIpc) is 2.37. The number of anilines is 1. The Morgan fingerprint density at radius 3 is 2.70 bits per heavy atom. The van der Waals surface area contributed by atoms with E-state index in [2.05, 4.69) is 0 Å². The van der Waals surface area contributed by atoms with Gasteiger partial charge in [-0.25, -0.2) is 4.79 Å². The maximum Gasteiger partial charge on any atom is 0.410 e. The molecule has 3 rings (SSSR count). The highest BCUT2D eigenvalue weighted by Gasteiger charge is 2.41. The van der Waals surface area contributed by atoms with Crippen molar-refractivity contribution in [2.45, 2.75) is 32.4 Å². The number of amides is 2. The summed E-state index contributed by atoms with van der Waals surface area (Å²) in [4.78, 5) is 27.5. The van der Waals surface area contributed by atoms with Gasteiger partial charge in [0.2, 0.25) is 0 Å². The third-order valence-corrected chi connectivity index (χ3v) is 3.92. The third-order valence-electron chi connectivity index (χ3n) is 3.68. The number of fused-ring (bicyclic) bond motifs is 1. The fourth-order valence-electron chi connectivity index (χ4n) is 2.64. The molecular weight excluding hydrogens is 320 g/mol. The van der Waals surface area contributed by atoms with Crippen LogP contribution in [0, 0.1) is 0 Å². The Morgan fingerprint density at radius 1 is 1.35 bits per heavy atom. The van der Waals surface area contributed by atoms with Crippen molar-refractivity contribution < 1.29 is 19.1 Å². The highest BCUT2D eigenvalue weighted by Crippen LogP contribution is 2.37. The minimum absolute atomic E-state index is 0.0176. The molecule has 0 atom stereocenters. The number of ether oxygens (including phenoxy) is 2. The first kappa shape index (κ1) is 15.9. The van der Waals surface area contributed by atoms with Gasteiger partial charge in [0.1, 0.15) is 11.4 Å². The molecule has 23 heavy (non-hydrogen) atoms. The first-order valence-electron chi connectivity index (χ1n) is 7.47. The molecule has 1 aromatic carbocycles. The van der Waals surface area contributed by atoms with Crippen molar-refractivity contribution >= 4 is 29.3 Å². The zero-order valence-corrected chi connectivity index (χ0v) is 14.1. The number of likely N-dealkylation sites (tertiary alicyclic amines) is 1. The number of carbonyl (C=O) groups excluding carboxylic acids is 2. The minimum atomic E-state index is -0.527. The first-order valence-corrected chi connectivity index (χ1v) is 7.85. The molecule has 124 valence electrons. The van der Waals surface area contributed by atoms with Gasteiger partial charge >= 0.3 is 6.09 Å². The van der Waals surface area contributed by atoms with Crippen LogP contribution in [-0.4, -0.2) is 48.2 Å². The van der Waals surface area contributed by atoms with E-state index in [0.29, 0.717) is 29.5 Å². The molecule has 2 amide bonds. The van der Waals surface area contributed by atoms with E-state index < -0.39 is 5.60 Å². The number of carbonyl (C=O) groups is 2. The summed E-state index contributed by atoms with van der Waals surface area (Å²) in [6.45, 7) is 6.36. The van der Waals surface area contributed by atoms with Crippen LogP contribution in [-0.2, 0) is 9.53 Å². The number of halogens is 1. The highest BCUT2D eigenvalue weighted by atomic mass is 35.5. The third kappa shape index (κ3) is 3.22. The molecule has 6 nitrogen and oxygen atoms in total. The maximum absolute atomic E-state index is 12.2. The zero-order valence-electron chi connectivity index (χ0n) is 13.3. The molecule has 2 aliphatic heterocycles. The van der Waals surface area contributed by atoms with Crippen molar-refractivity contribution in [1.82, 2.24) is 4.90 Å². The van der Waals surface area contributed by atoms with Crippen LogP contribution in [0.5, 0.6) is 5.75 Å². The van der Waals surface area contributed by atoms with Crippen molar-refractivity contribution in [2.24, 2.45) is 0 Å². The molecular formula is C16H19ClN2O4. The van der Waals surface area contributed by atoms with Gasteiger partial charge in [0.15, 0.2) is 6.61 Å². The summed E-state index contributed by atoms with van der Waals surface area (Å²) in [6.07, 6.45) is -0.356. The van der Waals surface area contributed by atoms with Crippen LogP contribution in [0.25, 0.3) is 0 Å². The first-order chi connectivity index (χ1) is 10.7. The molecule has 0 spiro atoms. The van der Waals surface area contributed by atoms with Gasteiger partial charge < -0.3 is 14.4 Å². The van der Waals surface area contributed by atoms with Crippen LogP contribution >= 0.6 is 11.6 Å². The van der Waals surface area contributed by atoms with Gasteiger partial charge in [-0.05, 0) is 32.9 Å². The Morgan fingerprint density at radius 2 is 2.04 bits per heavy atom. The normalized spacial score (nSPS) is 18.2. The topological polar surface area (TPSA) is 59.1 Å². The van der Waals surface area contributed by atoms with Crippen molar-refractivity contribution in [3.05, 3.63) is 23.2 Å². The molecule has 0 saturated carbocycles. The van der Waals surface area contributed by atoms with Crippen LogP contribution in [0.2, 0.25) is 5.02 Å². The van der Waals surface area contributed by atoms with Crippen molar-refractivity contribution in [3.63, 3.8) is 0 Å². The van der Waals surface area contributed by atoms with E-state index in [1.54, 1.807) is 28.0 Å². The Kier molecular flexibility index (Phi) is 3.88. The molecule has 0 bridgehead atoms. The van der Waals surface area contributed by atoms with E-state index in [9.17, 15) is 9.59 Å². The van der Waals surface area contributed by atoms with Gasteiger partial charge in [-0.3, -0.25) is 9.69 Å². The van der Waals surface area contributed by atoms with Crippen molar-refractivity contribution in [3.8, 4) is 5.75 Å². The lowest BCUT2D eigenvalue weighted by atomic mass is 10.1.